The van der Waals surface area contributed by atoms with E-state index in [1.54, 1.807) is 35.2 Å². The Morgan fingerprint density at radius 1 is 0.466 bits per heavy atom. The molecule has 9 aromatic carbocycles. The second kappa shape index (κ2) is 12.3. The predicted molar refractivity (Wildman–Crippen MR) is 242 cm³/mol. The van der Waals surface area contributed by atoms with E-state index in [-0.39, 0.29) is 162 Å². The van der Waals surface area contributed by atoms with Gasteiger partial charge < -0.3 is 13.7 Å². The maximum absolute atomic E-state index is 9.92. The zero-order valence-electron chi connectivity index (χ0n) is 48.8. The molecule has 2 aromatic heterocycles. The van der Waals surface area contributed by atoms with Crippen LogP contribution in [0.25, 0.3) is 88.0 Å². The van der Waals surface area contributed by atoms with E-state index in [9.17, 15) is 8.22 Å². The lowest BCUT2D eigenvalue weighted by Gasteiger charge is -2.28. The van der Waals surface area contributed by atoms with Crippen LogP contribution in [0.15, 0.2) is 196 Å². The first-order valence-electron chi connectivity index (χ1n) is 27.5. The second-order valence-electron chi connectivity index (χ2n) is 14.6. The number of hydrogen-bond donors (Lipinski definition) is 0. The number of benzene rings is 9. The topological polar surface area (TPSA) is 29.5 Å². The summed E-state index contributed by atoms with van der Waals surface area (Å²) in [6.45, 7) is 3.75. The van der Waals surface area contributed by atoms with Gasteiger partial charge in [0.2, 0.25) is 0 Å². The molecule has 0 bridgehead atoms. The minimum atomic E-state index is -0.962. The van der Waals surface area contributed by atoms with E-state index in [1.165, 1.54) is 36.4 Å². The third-order valence-electron chi connectivity index (χ3n) is 11.0. The van der Waals surface area contributed by atoms with E-state index in [0.717, 1.165) is 12.1 Å². The molecular weight excluding hydrogens is 707 g/mol. The molecule has 0 atom stereocenters. The fourth-order valence-electron chi connectivity index (χ4n) is 8.27. The van der Waals surface area contributed by atoms with Crippen molar-refractivity contribution in [2.75, 3.05) is 4.90 Å². The van der Waals surface area contributed by atoms with Crippen LogP contribution in [0.1, 0.15) is 49.6 Å². The Kier molecular flexibility index (Phi) is 4.18. The molecule has 0 N–H and O–H groups in total. The summed E-state index contributed by atoms with van der Waals surface area (Å²) in [4.78, 5) is 1.58. The van der Waals surface area contributed by atoms with Gasteiger partial charge >= 0.3 is 0 Å². The van der Waals surface area contributed by atoms with Gasteiger partial charge in [0.25, 0.3) is 0 Å². The van der Waals surface area contributed by atoms with Gasteiger partial charge in [-0.25, -0.2) is 0 Å². The fraction of sp³-hybridized carbons (Fsp3) is 0.0545. The average molecular weight is 762 g/mol. The molecule has 1 aliphatic carbocycles. The lowest BCUT2D eigenvalue weighted by Crippen LogP contribution is -2.16. The summed E-state index contributed by atoms with van der Waals surface area (Å²) in [6.07, 6.45) is 0. The van der Waals surface area contributed by atoms with Crippen molar-refractivity contribution in [1.29, 1.82) is 0 Å². The van der Waals surface area contributed by atoms with Crippen LogP contribution in [0.3, 0.4) is 0 Å². The minimum Gasteiger partial charge on any atom is -0.456 e. The van der Waals surface area contributed by atoms with Crippen molar-refractivity contribution in [2.24, 2.45) is 0 Å². The number of nitrogens with zero attached hydrogens (tertiary/aromatic N) is 1. The van der Waals surface area contributed by atoms with Gasteiger partial charge in [-0.2, -0.15) is 0 Å². The van der Waals surface area contributed by atoms with Crippen LogP contribution in [-0.4, -0.2) is 0 Å². The molecule has 0 spiro atoms. The lowest BCUT2D eigenvalue weighted by molar-refractivity contribution is 0.660. The van der Waals surface area contributed by atoms with Crippen LogP contribution in [-0.2, 0) is 5.41 Å². The fourth-order valence-corrected chi connectivity index (χ4v) is 8.27. The highest BCUT2D eigenvalue weighted by Gasteiger charge is 2.36. The molecule has 3 nitrogen and oxygen atoms in total. The van der Waals surface area contributed by atoms with E-state index in [4.69, 9.17) is 25.3 Å². The zero-order chi connectivity index (χ0) is 54.2. The van der Waals surface area contributed by atoms with Gasteiger partial charge in [-0.15, -0.1) is 0 Å². The maximum Gasteiger partial charge on any atom is 0.143 e. The molecule has 12 rings (SSSR count). The Bertz CT molecular complexity index is 4480. The van der Waals surface area contributed by atoms with Crippen LogP contribution >= 0.6 is 0 Å². The van der Waals surface area contributed by atoms with Gasteiger partial charge in [-0.05, 0) is 92.3 Å². The minimum absolute atomic E-state index is 0.00207. The number of para-hydroxylation sites is 1. The highest BCUT2D eigenvalue weighted by atomic mass is 16.3. The number of rotatable bonds is 5. The first-order chi connectivity index (χ1) is 35.9. The molecule has 0 amide bonds. The molecule has 0 saturated carbocycles. The summed E-state index contributed by atoms with van der Waals surface area (Å²) < 4.78 is 174. The van der Waals surface area contributed by atoms with Gasteiger partial charge in [-0.1, -0.05) is 147 Å². The average Bonchev–Trinajstić information content (AvgIpc) is 4.21. The van der Waals surface area contributed by atoms with E-state index < -0.39 is 29.6 Å². The van der Waals surface area contributed by atoms with E-state index in [0.29, 0.717) is 38.7 Å². The molecule has 0 fully saturated rings. The lowest BCUT2D eigenvalue weighted by atomic mass is 9.82. The van der Waals surface area contributed by atoms with Crippen molar-refractivity contribution in [3.63, 3.8) is 0 Å². The third-order valence-corrected chi connectivity index (χ3v) is 11.0. The van der Waals surface area contributed by atoms with Gasteiger partial charge in [0.15, 0.2) is 0 Å². The van der Waals surface area contributed by atoms with E-state index >= 15 is 0 Å². The van der Waals surface area contributed by atoms with Crippen LogP contribution in [0.4, 0.5) is 17.1 Å². The summed E-state index contributed by atoms with van der Waals surface area (Å²) in [5.74, 6) is 0. The Morgan fingerprint density at radius 2 is 1.29 bits per heavy atom. The van der Waals surface area contributed by atoms with Crippen LogP contribution in [0.2, 0.25) is 0 Å². The summed E-state index contributed by atoms with van der Waals surface area (Å²) in [7, 11) is 0. The number of furan rings is 2. The molecule has 0 saturated heterocycles. The third kappa shape index (κ3) is 4.86. The SMILES string of the molecule is [2H]c1cc([2H])c2oc3c([2H])c(N(c4ccc5c(c4)C(C)(C)c4c([2H])c([2H])cc([2H])c4-5)c4cc(-c5cc([2H])c(-c6c([2H])cc([2H])c([2H])c6[2H])c([2H])c5)c5c(c4)oc4c6c([2H])c([2H])cc([2H])c6c([2H])c([2H])c45)c([2H])cc3c2c1. The summed E-state index contributed by atoms with van der Waals surface area (Å²) in [6, 6.07) is 13.9. The smallest absolute Gasteiger partial charge is 0.143 e. The molecule has 0 radical (unpaired) electrons. The van der Waals surface area contributed by atoms with Crippen molar-refractivity contribution in [2.45, 2.75) is 19.3 Å². The molecular formula is C55H37NO2. The van der Waals surface area contributed by atoms with Gasteiger partial charge in [-0.3, -0.25) is 0 Å². The Morgan fingerprint density at radius 3 is 2.22 bits per heavy atom. The quantitative estimate of drug-likeness (QED) is 0.175. The van der Waals surface area contributed by atoms with Crippen molar-refractivity contribution >= 4 is 71.7 Å². The maximum atomic E-state index is 9.92. The molecule has 274 valence electrons. The van der Waals surface area contributed by atoms with Crippen molar-refractivity contribution in [3.05, 3.63) is 199 Å². The molecule has 58 heavy (non-hydrogen) atoms. The highest BCUT2D eigenvalue weighted by molar-refractivity contribution is 6.20. The first kappa shape index (κ1) is 19.7. The molecule has 0 aliphatic heterocycles. The van der Waals surface area contributed by atoms with Crippen LogP contribution in [0.5, 0.6) is 0 Å². The number of hydrogen-bond acceptors (Lipinski definition) is 3. The van der Waals surface area contributed by atoms with Crippen LogP contribution in [0, 0.1) is 0 Å². The van der Waals surface area contributed by atoms with Crippen LogP contribution < -0.4 is 4.90 Å². The van der Waals surface area contributed by atoms with E-state index in [2.05, 4.69) is 0 Å². The Balaban J connectivity index is 1.22. The normalized spacial score (nSPS) is 17.5. The number of anilines is 3. The summed E-state index contributed by atoms with van der Waals surface area (Å²) in [5, 5.41) is 0.621. The van der Waals surface area contributed by atoms with Crippen molar-refractivity contribution in [1.82, 2.24) is 0 Å². The van der Waals surface area contributed by atoms with Crippen molar-refractivity contribution < 1.29 is 33.5 Å². The molecule has 0 unspecified atom stereocenters. The van der Waals surface area contributed by atoms with Gasteiger partial charge in [0.1, 0.15) is 22.3 Å². The van der Waals surface area contributed by atoms with Crippen molar-refractivity contribution in [3.8, 4) is 33.4 Å². The molecule has 1 aliphatic rings. The first-order valence-corrected chi connectivity index (χ1v) is 18.5. The largest absolute Gasteiger partial charge is 0.456 e. The molecule has 3 heteroatoms. The highest BCUT2D eigenvalue weighted by Crippen LogP contribution is 2.52. The predicted octanol–water partition coefficient (Wildman–Crippen LogP) is 15.7. The summed E-state index contributed by atoms with van der Waals surface area (Å²) >= 11 is 0. The monoisotopic (exact) mass is 761 g/mol. The standard InChI is InChI=1S/C55H37NO2/c1-55(2)48-18-10-8-16-42(48)43-28-25-38(31-49(43)55)56(39-26-29-45-44-17-9-11-19-50(44)57-51(45)32-39)40-30-47(37-22-20-35(21-23-37)34-12-4-3-5-13-34)53-46-27-24-36-14-6-7-15-41(36)54(46)58-52(53)33-40/h3-33H,1-2H3/i3D,4D,7D,9D,10D,12D,13D,14D,15D,16D,18D,19D,20D,21D,24D,26D,27D,32D. The Hall–Kier alpha value is -7.36. The molecule has 2 heterocycles. The van der Waals surface area contributed by atoms with Gasteiger partial charge in [0, 0.05) is 55.8 Å². The number of fused-ring (bicyclic) bond motifs is 11. The second-order valence-corrected chi connectivity index (χ2v) is 14.6. The summed E-state index contributed by atoms with van der Waals surface area (Å²) in [5.41, 5.74) is 1.60. The zero-order valence-corrected chi connectivity index (χ0v) is 30.8. The Labute approximate surface area is 361 Å². The van der Waals surface area contributed by atoms with E-state index in [1.807, 2.05) is 13.8 Å². The molecule has 11 aromatic rings. The van der Waals surface area contributed by atoms with Gasteiger partial charge in [0.05, 0.1) is 30.4 Å².